The van der Waals surface area contributed by atoms with E-state index in [0.717, 1.165) is 22.6 Å². The first-order chi connectivity index (χ1) is 8.83. The van der Waals surface area contributed by atoms with Crippen LogP contribution in [0.5, 0.6) is 11.5 Å². The summed E-state index contributed by atoms with van der Waals surface area (Å²) in [5.74, 6) is 1.55. The van der Waals surface area contributed by atoms with Crippen LogP contribution in [0.3, 0.4) is 0 Å². The van der Waals surface area contributed by atoms with Crippen molar-refractivity contribution >= 4 is 0 Å². The maximum absolute atomic E-state index is 5.80. The highest BCUT2D eigenvalue weighted by Crippen LogP contribution is 2.25. The van der Waals surface area contributed by atoms with Gasteiger partial charge in [0.25, 0.3) is 0 Å². The minimum Gasteiger partial charge on any atom is -0.497 e. The number of benzene rings is 2. The molecule has 2 aromatic carbocycles. The molecule has 0 aliphatic carbocycles. The Labute approximate surface area is 107 Å². The Morgan fingerprint density at radius 3 is 2.50 bits per heavy atom. The lowest BCUT2D eigenvalue weighted by molar-refractivity contribution is 0.300. The van der Waals surface area contributed by atoms with Crippen molar-refractivity contribution in [3.63, 3.8) is 0 Å². The average molecular weight is 243 g/mol. The standard InChI is InChI=1S/C15H17NO2/c1-17-14-8-7-13(10-16)15(9-14)18-11-12-5-3-2-4-6-12/h2-9H,10-11,16H2,1H3. The smallest absolute Gasteiger partial charge is 0.127 e. The van der Waals surface area contributed by atoms with E-state index in [1.807, 2.05) is 48.5 Å². The molecule has 0 atom stereocenters. The fraction of sp³-hybridized carbons (Fsp3) is 0.200. The fourth-order valence-electron chi connectivity index (χ4n) is 1.70. The summed E-state index contributed by atoms with van der Waals surface area (Å²) in [6.45, 7) is 0.981. The molecule has 0 unspecified atom stereocenters. The molecule has 3 nitrogen and oxygen atoms in total. The molecule has 2 N–H and O–H groups in total. The van der Waals surface area contributed by atoms with Crippen LogP contribution in [-0.4, -0.2) is 7.11 Å². The van der Waals surface area contributed by atoms with Crippen LogP contribution in [0.4, 0.5) is 0 Å². The highest BCUT2D eigenvalue weighted by molar-refractivity contribution is 5.40. The van der Waals surface area contributed by atoms with Crippen LogP contribution in [0, 0.1) is 0 Å². The third kappa shape index (κ3) is 3.02. The van der Waals surface area contributed by atoms with Crippen molar-refractivity contribution in [2.75, 3.05) is 7.11 Å². The molecule has 0 saturated heterocycles. The van der Waals surface area contributed by atoms with Crippen molar-refractivity contribution in [1.82, 2.24) is 0 Å². The van der Waals surface area contributed by atoms with Gasteiger partial charge in [-0.15, -0.1) is 0 Å². The first kappa shape index (κ1) is 12.5. The Hall–Kier alpha value is -2.00. The second-order valence-electron chi connectivity index (χ2n) is 3.95. The third-order valence-electron chi connectivity index (χ3n) is 2.73. The number of hydrogen-bond acceptors (Lipinski definition) is 3. The average Bonchev–Trinajstić information content (AvgIpc) is 2.45. The maximum atomic E-state index is 5.80. The normalized spacial score (nSPS) is 10.1. The Morgan fingerprint density at radius 2 is 1.83 bits per heavy atom. The molecule has 0 fully saturated rings. The number of methoxy groups -OCH3 is 1. The number of ether oxygens (including phenoxy) is 2. The lowest BCUT2D eigenvalue weighted by Crippen LogP contribution is -2.03. The second-order valence-corrected chi connectivity index (χ2v) is 3.95. The van der Waals surface area contributed by atoms with E-state index in [-0.39, 0.29) is 0 Å². The zero-order valence-corrected chi connectivity index (χ0v) is 10.4. The summed E-state index contributed by atoms with van der Waals surface area (Å²) in [4.78, 5) is 0. The van der Waals surface area contributed by atoms with Crippen LogP contribution in [-0.2, 0) is 13.2 Å². The SMILES string of the molecule is COc1ccc(CN)c(OCc2ccccc2)c1. The molecule has 2 rings (SSSR count). The molecule has 94 valence electrons. The quantitative estimate of drug-likeness (QED) is 0.878. The van der Waals surface area contributed by atoms with Crippen molar-refractivity contribution in [1.29, 1.82) is 0 Å². The minimum absolute atomic E-state index is 0.452. The van der Waals surface area contributed by atoms with E-state index in [0.29, 0.717) is 13.2 Å². The highest BCUT2D eigenvalue weighted by Gasteiger charge is 2.04. The third-order valence-corrected chi connectivity index (χ3v) is 2.73. The van der Waals surface area contributed by atoms with Crippen molar-refractivity contribution < 1.29 is 9.47 Å². The van der Waals surface area contributed by atoms with Gasteiger partial charge in [0, 0.05) is 18.2 Å². The molecule has 2 aromatic rings. The van der Waals surface area contributed by atoms with Gasteiger partial charge >= 0.3 is 0 Å². The van der Waals surface area contributed by atoms with Gasteiger partial charge in [-0.1, -0.05) is 36.4 Å². The van der Waals surface area contributed by atoms with Gasteiger partial charge in [0.2, 0.25) is 0 Å². The van der Waals surface area contributed by atoms with Crippen LogP contribution < -0.4 is 15.2 Å². The van der Waals surface area contributed by atoms with Gasteiger partial charge in [-0.25, -0.2) is 0 Å². The maximum Gasteiger partial charge on any atom is 0.127 e. The van der Waals surface area contributed by atoms with Crippen LogP contribution in [0.1, 0.15) is 11.1 Å². The molecule has 0 amide bonds. The van der Waals surface area contributed by atoms with Gasteiger partial charge in [0.05, 0.1) is 7.11 Å². The van der Waals surface area contributed by atoms with Crippen LogP contribution >= 0.6 is 0 Å². The van der Waals surface area contributed by atoms with Crippen molar-refractivity contribution in [2.24, 2.45) is 5.73 Å². The Balaban J connectivity index is 2.12. The van der Waals surface area contributed by atoms with Crippen molar-refractivity contribution in [3.8, 4) is 11.5 Å². The number of nitrogens with two attached hydrogens (primary N) is 1. The largest absolute Gasteiger partial charge is 0.497 e. The summed E-state index contributed by atoms with van der Waals surface area (Å²) in [6, 6.07) is 15.7. The van der Waals surface area contributed by atoms with Crippen molar-refractivity contribution in [2.45, 2.75) is 13.2 Å². The monoisotopic (exact) mass is 243 g/mol. The predicted octanol–water partition coefficient (Wildman–Crippen LogP) is 2.73. The Kier molecular flexibility index (Phi) is 4.20. The molecule has 18 heavy (non-hydrogen) atoms. The zero-order valence-electron chi connectivity index (χ0n) is 10.4. The fourth-order valence-corrected chi connectivity index (χ4v) is 1.70. The lowest BCUT2D eigenvalue weighted by Gasteiger charge is -2.12. The molecule has 0 radical (unpaired) electrons. The second kappa shape index (κ2) is 6.07. The summed E-state index contributed by atoms with van der Waals surface area (Å²) in [6.07, 6.45) is 0. The van der Waals surface area contributed by atoms with E-state index >= 15 is 0 Å². The molecule has 0 aromatic heterocycles. The zero-order chi connectivity index (χ0) is 12.8. The predicted molar refractivity (Wildman–Crippen MR) is 71.7 cm³/mol. The summed E-state index contributed by atoms with van der Waals surface area (Å²) in [5.41, 5.74) is 7.80. The molecule has 0 aliphatic heterocycles. The van der Waals surface area contributed by atoms with Crippen molar-refractivity contribution in [3.05, 3.63) is 59.7 Å². The molecular weight excluding hydrogens is 226 g/mol. The first-order valence-corrected chi connectivity index (χ1v) is 5.87. The van der Waals surface area contributed by atoms with E-state index < -0.39 is 0 Å². The van der Waals surface area contributed by atoms with Crippen LogP contribution in [0.25, 0.3) is 0 Å². The van der Waals surface area contributed by atoms with Crippen LogP contribution in [0.2, 0.25) is 0 Å². The van der Waals surface area contributed by atoms with Gasteiger partial charge in [-0.3, -0.25) is 0 Å². The van der Waals surface area contributed by atoms with E-state index in [2.05, 4.69) is 0 Å². The number of rotatable bonds is 5. The van der Waals surface area contributed by atoms with E-state index in [4.69, 9.17) is 15.2 Å². The van der Waals surface area contributed by atoms with E-state index in [9.17, 15) is 0 Å². The molecule has 0 heterocycles. The summed E-state index contributed by atoms with van der Waals surface area (Å²) in [7, 11) is 1.64. The first-order valence-electron chi connectivity index (χ1n) is 5.87. The van der Waals surface area contributed by atoms with Gasteiger partial charge < -0.3 is 15.2 Å². The van der Waals surface area contributed by atoms with E-state index in [1.165, 1.54) is 0 Å². The molecule has 3 heteroatoms. The topological polar surface area (TPSA) is 44.5 Å². The lowest BCUT2D eigenvalue weighted by atomic mass is 10.2. The Morgan fingerprint density at radius 1 is 1.06 bits per heavy atom. The van der Waals surface area contributed by atoms with Gasteiger partial charge in [-0.2, -0.15) is 0 Å². The molecule has 0 spiro atoms. The summed E-state index contributed by atoms with van der Waals surface area (Å²) < 4.78 is 11.0. The number of hydrogen-bond donors (Lipinski definition) is 1. The van der Waals surface area contributed by atoms with Gasteiger partial charge in [0.15, 0.2) is 0 Å². The molecular formula is C15H17NO2. The molecule has 0 aliphatic rings. The molecule has 0 saturated carbocycles. The minimum atomic E-state index is 0.452. The van der Waals surface area contributed by atoms with Gasteiger partial charge in [0.1, 0.15) is 18.1 Å². The van der Waals surface area contributed by atoms with Gasteiger partial charge in [-0.05, 0) is 11.6 Å². The Bertz CT molecular complexity index is 497. The molecule has 0 bridgehead atoms. The summed E-state index contributed by atoms with van der Waals surface area (Å²) in [5, 5.41) is 0. The highest BCUT2D eigenvalue weighted by atomic mass is 16.5. The van der Waals surface area contributed by atoms with E-state index in [1.54, 1.807) is 7.11 Å². The summed E-state index contributed by atoms with van der Waals surface area (Å²) >= 11 is 0. The van der Waals surface area contributed by atoms with Crippen LogP contribution in [0.15, 0.2) is 48.5 Å².